The van der Waals surface area contributed by atoms with Crippen molar-refractivity contribution in [1.29, 1.82) is 0 Å². The highest BCUT2D eigenvalue weighted by Gasteiger charge is 2.47. The predicted molar refractivity (Wildman–Crippen MR) is 46.3 cm³/mol. The Morgan fingerprint density at radius 2 is 2.31 bits per heavy atom. The maximum atomic E-state index is 8.22. The van der Waals surface area contributed by atoms with Crippen LogP contribution in [0.2, 0.25) is 0 Å². The average Bonchev–Trinajstić information content (AvgIpc) is 2.12. The fraction of sp³-hybridized carbons (Fsp3) is 1.00. The van der Waals surface area contributed by atoms with Crippen molar-refractivity contribution >= 4 is 0 Å². The average molecular weight is 183 g/mol. The summed E-state index contributed by atoms with van der Waals surface area (Å²) in [7, 11) is 0. The lowest BCUT2D eigenvalue weighted by Crippen LogP contribution is -2.56. The van der Waals surface area contributed by atoms with E-state index in [0.29, 0.717) is 19.8 Å². The zero-order valence-electron chi connectivity index (χ0n) is 7.48. The maximum Gasteiger partial charge on any atom is 0.0945 e. The molecule has 5 heteroatoms. The molecule has 0 aromatic rings. The van der Waals surface area contributed by atoms with Crippen molar-refractivity contribution in [3.05, 3.63) is 10.4 Å². The summed E-state index contributed by atoms with van der Waals surface area (Å²) >= 11 is 0. The molecule has 0 aromatic heterocycles. The van der Waals surface area contributed by atoms with Crippen LogP contribution >= 0.6 is 0 Å². The lowest BCUT2D eigenvalue weighted by molar-refractivity contribution is -0.231. The van der Waals surface area contributed by atoms with Crippen LogP contribution in [-0.4, -0.2) is 31.5 Å². The summed E-state index contributed by atoms with van der Waals surface area (Å²) < 4.78 is 11.3. The van der Waals surface area contributed by atoms with Crippen molar-refractivity contribution in [3.63, 3.8) is 0 Å². The summed E-state index contributed by atoms with van der Waals surface area (Å²) in [6.07, 6.45) is 3.25. The molecule has 1 heterocycles. The van der Waals surface area contributed by atoms with E-state index < -0.39 is 0 Å². The van der Waals surface area contributed by atoms with Gasteiger partial charge >= 0.3 is 0 Å². The Morgan fingerprint density at radius 1 is 1.46 bits per heavy atom. The molecular weight excluding hydrogens is 170 g/mol. The van der Waals surface area contributed by atoms with Crippen LogP contribution in [0.25, 0.3) is 10.4 Å². The molecule has 5 nitrogen and oxygen atoms in total. The van der Waals surface area contributed by atoms with E-state index in [1.54, 1.807) is 0 Å². The first-order chi connectivity index (χ1) is 6.37. The molecule has 2 fully saturated rings. The van der Waals surface area contributed by atoms with Crippen LogP contribution in [0, 0.1) is 0 Å². The van der Waals surface area contributed by atoms with Crippen LogP contribution in [0.4, 0.5) is 0 Å². The normalized spacial score (nSPS) is 30.6. The molecule has 1 saturated carbocycles. The largest absolute Gasteiger partial charge is 0.373 e. The van der Waals surface area contributed by atoms with E-state index >= 15 is 0 Å². The van der Waals surface area contributed by atoms with E-state index in [4.69, 9.17) is 15.0 Å². The third kappa shape index (κ3) is 1.50. The molecule has 1 aliphatic carbocycles. The Labute approximate surface area is 76.6 Å². The van der Waals surface area contributed by atoms with Gasteiger partial charge < -0.3 is 9.47 Å². The van der Waals surface area contributed by atoms with Gasteiger partial charge in [-0.05, 0) is 24.8 Å². The number of ether oxygens (including phenoxy) is 2. The fourth-order valence-corrected chi connectivity index (χ4v) is 2.00. The van der Waals surface area contributed by atoms with Gasteiger partial charge in [0, 0.05) is 4.91 Å². The zero-order chi connectivity index (χ0) is 9.15. The summed E-state index contributed by atoms with van der Waals surface area (Å²) in [6, 6.07) is 0. The summed E-state index contributed by atoms with van der Waals surface area (Å²) in [4.78, 5) is 2.74. The number of azide groups is 1. The molecule has 2 rings (SSSR count). The van der Waals surface area contributed by atoms with Crippen molar-refractivity contribution in [3.8, 4) is 0 Å². The lowest BCUT2D eigenvalue weighted by atomic mass is 9.75. The first kappa shape index (κ1) is 8.81. The minimum absolute atomic E-state index is 0.0223. The molecule has 0 amide bonds. The minimum Gasteiger partial charge on any atom is -0.373 e. The maximum absolute atomic E-state index is 8.22. The summed E-state index contributed by atoms with van der Waals surface area (Å²) in [5.74, 6) is 0. The van der Waals surface area contributed by atoms with Crippen molar-refractivity contribution < 1.29 is 9.47 Å². The summed E-state index contributed by atoms with van der Waals surface area (Å²) in [5, 5.41) is 3.55. The second kappa shape index (κ2) is 3.54. The van der Waals surface area contributed by atoms with E-state index in [0.717, 1.165) is 12.8 Å². The molecule has 0 bridgehead atoms. The molecule has 1 atom stereocenters. The molecule has 0 radical (unpaired) electrons. The Hall–Kier alpha value is -0.770. The topological polar surface area (TPSA) is 67.2 Å². The molecule has 1 unspecified atom stereocenters. The highest BCUT2D eigenvalue weighted by atomic mass is 16.6. The smallest absolute Gasteiger partial charge is 0.0945 e. The lowest BCUT2D eigenvalue weighted by Gasteiger charge is -2.49. The second-order valence-electron chi connectivity index (χ2n) is 3.54. The molecule has 13 heavy (non-hydrogen) atoms. The molecule has 1 spiro atoms. The van der Waals surface area contributed by atoms with E-state index in [1.807, 2.05) is 0 Å². The first-order valence-corrected chi connectivity index (χ1v) is 4.64. The Morgan fingerprint density at radius 3 is 2.92 bits per heavy atom. The van der Waals surface area contributed by atoms with E-state index in [-0.39, 0.29) is 11.7 Å². The summed E-state index contributed by atoms with van der Waals surface area (Å²) in [6.45, 7) is 1.69. The summed E-state index contributed by atoms with van der Waals surface area (Å²) in [5.41, 5.74) is 8.10. The Balaban J connectivity index is 2.00. The van der Waals surface area contributed by atoms with Crippen molar-refractivity contribution in [2.45, 2.75) is 31.0 Å². The van der Waals surface area contributed by atoms with E-state index in [2.05, 4.69) is 10.0 Å². The van der Waals surface area contributed by atoms with Crippen LogP contribution in [0.5, 0.6) is 0 Å². The van der Waals surface area contributed by atoms with Crippen LogP contribution in [0.1, 0.15) is 19.3 Å². The highest BCUT2D eigenvalue weighted by molar-refractivity contribution is 4.99. The second-order valence-corrected chi connectivity index (χ2v) is 3.54. The predicted octanol–water partition coefficient (Wildman–Crippen LogP) is 1.63. The SMILES string of the molecule is [N-]=[N+]=NCC1OCCOC12CCC2. The molecule has 72 valence electrons. The van der Waals surface area contributed by atoms with Gasteiger partial charge in [-0.3, -0.25) is 0 Å². The van der Waals surface area contributed by atoms with Gasteiger partial charge in [-0.15, -0.1) is 0 Å². The van der Waals surface area contributed by atoms with Gasteiger partial charge in [0.05, 0.1) is 31.5 Å². The molecule has 2 aliphatic rings. The van der Waals surface area contributed by atoms with Crippen molar-refractivity contribution in [2.75, 3.05) is 19.8 Å². The van der Waals surface area contributed by atoms with Crippen LogP contribution in [0.3, 0.4) is 0 Å². The van der Waals surface area contributed by atoms with Gasteiger partial charge in [0.1, 0.15) is 0 Å². The number of hydrogen-bond acceptors (Lipinski definition) is 3. The van der Waals surface area contributed by atoms with Gasteiger partial charge in [-0.2, -0.15) is 0 Å². The molecular formula is C8H13N3O2. The van der Waals surface area contributed by atoms with Gasteiger partial charge in [0.25, 0.3) is 0 Å². The minimum atomic E-state index is -0.119. The monoisotopic (exact) mass is 183 g/mol. The van der Waals surface area contributed by atoms with Crippen LogP contribution in [-0.2, 0) is 9.47 Å². The van der Waals surface area contributed by atoms with Gasteiger partial charge in [-0.1, -0.05) is 5.11 Å². The molecule has 1 saturated heterocycles. The van der Waals surface area contributed by atoms with Gasteiger partial charge in [0.2, 0.25) is 0 Å². The van der Waals surface area contributed by atoms with E-state index in [1.165, 1.54) is 6.42 Å². The zero-order valence-corrected chi connectivity index (χ0v) is 7.48. The van der Waals surface area contributed by atoms with Crippen LogP contribution in [0.15, 0.2) is 5.11 Å². The van der Waals surface area contributed by atoms with Crippen molar-refractivity contribution in [1.82, 2.24) is 0 Å². The van der Waals surface area contributed by atoms with Gasteiger partial charge in [-0.25, -0.2) is 0 Å². The number of hydrogen-bond donors (Lipinski definition) is 0. The number of nitrogens with zero attached hydrogens (tertiary/aromatic N) is 3. The fourth-order valence-electron chi connectivity index (χ4n) is 2.00. The molecule has 1 aliphatic heterocycles. The third-order valence-electron chi connectivity index (χ3n) is 2.89. The van der Waals surface area contributed by atoms with Crippen LogP contribution < -0.4 is 0 Å². The van der Waals surface area contributed by atoms with E-state index in [9.17, 15) is 0 Å². The standard InChI is InChI=1S/C8H13N3O2/c9-11-10-6-7-8(2-1-3-8)13-5-4-12-7/h7H,1-6H2. The molecule has 0 N–H and O–H groups in total. The highest BCUT2D eigenvalue weighted by Crippen LogP contribution is 2.41. The van der Waals surface area contributed by atoms with Crippen molar-refractivity contribution in [2.24, 2.45) is 5.11 Å². The third-order valence-corrected chi connectivity index (χ3v) is 2.89. The number of rotatable bonds is 2. The Bertz CT molecular complexity index is 234. The van der Waals surface area contributed by atoms with Gasteiger partial charge in [0.15, 0.2) is 0 Å². The molecule has 0 aromatic carbocycles. The Kier molecular flexibility index (Phi) is 2.40. The first-order valence-electron chi connectivity index (χ1n) is 4.64. The quantitative estimate of drug-likeness (QED) is 0.371.